The van der Waals surface area contributed by atoms with E-state index in [9.17, 15) is 19.3 Å². The van der Waals surface area contributed by atoms with Crippen LogP contribution in [0, 0.1) is 15.9 Å². The lowest BCUT2D eigenvalue weighted by atomic mass is 10.2. The molecule has 1 aromatic rings. The molecule has 0 atom stereocenters. The van der Waals surface area contributed by atoms with Crippen LogP contribution in [-0.4, -0.2) is 22.5 Å². The zero-order chi connectivity index (χ0) is 13.5. The molecule has 0 aromatic heterocycles. The van der Waals surface area contributed by atoms with Gasteiger partial charge in [-0.3, -0.25) is 14.9 Å². The van der Waals surface area contributed by atoms with Crippen LogP contribution in [0.25, 0.3) is 0 Å². The summed E-state index contributed by atoms with van der Waals surface area (Å²) in [7, 11) is 0. The molecule has 18 heavy (non-hydrogen) atoms. The number of benzene rings is 1. The van der Waals surface area contributed by atoms with Gasteiger partial charge >= 0.3 is 5.69 Å². The van der Waals surface area contributed by atoms with Gasteiger partial charge in [-0.1, -0.05) is 0 Å². The molecular formula is C11H13FN2O4. The molecule has 0 aliphatic rings. The number of carbonyl (C=O) groups excluding carboxylic acids is 1. The highest BCUT2D eigenvalue weighted by Crippen LogP contribution is 2.20. The van der Waals surface area contributed by atoms with Crippen LogP contribution in [0.1, 0.15) is 19.3 Å². The van der Waals surface area contributed by atoms with Gasteiger partial charge in [0, 0.05) is 30.8 Å². The highest BCUT2D eigenvalue weighted by Gasteiger charge is 2.14. The Morgan fingerprint density at radius 3 is 2.72 bits per heavy atom. The number of anilines is 1. The van der Waals surface area contributed by atoms with E-state index in [2.05, 4.69) is 5.32 Å². The fraction of sp³-hybridized carbons (Fsp3) is 0.364. The van der Waals surface area contributed by atoms with Crippen molar-refractivity contribution in [1.82, 2.24) is 0 Å². The fourth-order valence-corrected chi connectivity index (χ4v) is 1.35. The molecular weight excluding hydrogens is 243 g/mol. The predicted octanol–water partition coefficient (Wildman–Crippen LogP) is 1.83. The first-order chi connectivity index (χ1) is 8.54. The smallest absolute Gasteiger partial charge is 0.304 e. The van der Waals surface area contributed by atoms with E-state index in [0.29, 0.717) is 12.8 Å². The fourth-order valence-electron chi connectivity index (χ4n) is 1.35. The van der Waals surface area contributed by atoms with E-state index in [-0.39, 0.29) is 24.6 Å². The monoisotopic (exact) mass is 256 g/mol. The number of unbranched alkanes of at least 4 members (excludes halogenated alkanes) is 1. The first-order valence-electron chi connectivity index (χ1n) is 5.39. The second kappa shape index (κ2) is 6.65. The molecule has 0 saturated carbocycles. The predicted molar refractivity (Wildman–Crippen MR) is 62.6 cm³/mol. The lowest BCUT2D eigenvalue weighted by molar-refractivity contribution is -0.387. The maximum Gasteiger partial charge on any atom is 0.304 e. The number of aliphatic hydroxyl groups is 1. The molecule has 1 amide bonds. The molecule has 0 radical (unpaired) electrons. The normalized spacial score (nSPS) is 10.1. The molecule has 2 N–H and O–H groups in total. The van der Waals surface area contributed by atoms with Crippen molar-refractivity contribution in [1.29, 1.82) is 0 Å². The molecule has 0 aliphatic heterocycles. The molecule has 0 aliphatic carbocycles. The maximum absolute atomic E-state index is 13.2. The number of hydrogen-bond acceptors (Lipinski definition) is 4. The zero-order valence-electron chi connectivity index (χ0n) is 9.56. The summed E-state index contributed by atoms with van der Waals surface area (Å²) in [5, 5.41) is 21.4. The van der Waals surface area contributed by atoms with Crippen molar-refractivity contribution in [3.05, 3.63) is 34.1 Å². The number of halogens is 1. The Hall–Kier alpha value is -2.02. The van der Waals surface area contributed by atoms with Crippen LogP contribution in [-0.2, 0) is 4.79 Å². The largest absolute Gasteiger partial charge is 0.396 e. The average molecular weight is 256 g/mol. The minimum atomic E-state index is -0.992. The molecule has 7 heteroatoms. The van der Waals surface area contributed by atoms with Crippen LogP contribution in [0.3, 0.4) is 0 Å². The molecule has 0 bridgehead atoms. The van der Waals surface area contributed by atoms with Crippen molar-refractivity contribution in [3.63, 3.8) is 0 Å². The van der Waals surface area contributed by atoms with E-state index in [1.165, 1.54) is 6.07 Å². The molecule has 0 heterocycles. The Kier molecular flexibility index (Phi) is 5.19. The third-order valence-electron chi connectivity index (χ3n) is 2.24. The van der Waals surface area contributed by atoms with Crippen LogP contribution in [0.15, 0.2) is 18.2 Å². The van der Waals surface area contributed by atoms with Gasteiger partial charge in [0.25, 0.3) is 0 Å². The summed E-state index contributed by atoms with van der Waals surface area (Å²) in [6, 6.07) is 3.17. The van der Waals surface area contributed by atoms with Gasteiger partial charge in [-0.2, -0.15) is 4.39 Å². The number of nitro groups is 1. The van der Waals surface area contributed by atoms with E-state index in [1.807, 2.05) is 0 Å². The molecule has 98 valence electrons. The van der Waals surface area contributed by atoms with E-state index in [4.69, 9.17) is 5.11 Å². The maximum atomic E-state index is 13.2. The molecule has 6 nitrogen and oxygen atoms in total. The summed E-state index contributed by atoms with van der Waals surface area (Å²) >= 11 is 0. The van der Waals surface area contributed by atoms with Gasteiger partial charge in [0.05, 0.1) is 4.92 Å². The number of rotatable bonds is 6. The van der Waals surface area contributed by atoms with Gasteiger partial charge in [0.15, 0.2) is 0 Å². The molecule has 0 spiro atoms. The summed E-state index contributed by atoms with van der Waals surface area (Å²) in [5.74, 6) is -1.31. The molecule has 1 aromatic carbocycles. The third-order valence-corrected chi connectivity index (χ3v) is 2.24. The first-order valence-corrected chi connectivity index (χ1v) is 5.39. The minimum absolute atomic E-state index is 0.0133. The Bertz CT molecular complexity index is 451. The van der Waals surface area contributed by atoms with E-state index < -0.39 is 16.4 Å². The van der Waals surface area contributed by atoms with Gasteiger partial charge in [-0.05, 0) is 18.9 Å². The van der Waals surface area contributed by atoms with Gasteiger partial charge in [0.1, 0.15) is 0 Å². The van der Waals surface area contributed by atoms with E-state index in [1.54, 1.807) is 0 Å². The Labute approximate surface area is 103 Å². The van der Waals surface area contributed by atoms with E-state index in [0.717, 1.165) is 12.1 Å². The number of carbonyl (C=O) groups is 1. The summed E-state index contributed by atoms with van der Waals surface area (Å²) in [5.41, 5.74) is -0.458. The van der Waals surface area contributed by atoms with Gasteiger partial charge in [0.2, 0.25) is 11.7 Å². The lowest BCUT2D eigenvalue weighted by Gasteiger charge is -2.04. The molecule has 0 unspecified atom stereocenters. The van der Waals surface area contributed by atoms with E-state index >= 15 is 0 Å². The van der Waals surface area contributed by atoms with Crippen molar-refractivity contribution >= 4 is 17.3 Å². The average Bonchev–Trinajstić information content (AvgIpc) is 2.28. The second-order valence-corrected chi connectivity index (χ2v) is 3.65. The molecule has 0 saturated heterocycles. The first kappa shape index (κ1) is 14.0. The van der Waals surface area contributed by atoms with Crippen molar-refractivity contribution in [2.24, 2.45) is 0 Å². The Balaban J connectivity index is 2.60. The van der Waals surface area contributed by atoms with Gasteiger partial charge in [-0.25, -0.2) is 0 Å². The number of amides is 1. The number of nitrogens with zero attached hydrogens (tertiary/aromatic N) is 1. The van der Waals surface area contributed by atoms with Crippen LogP contribution in [0.5, 0.6) is 0 Å². The standard InChI is InChI=1S/C11H13FN2O4/c12-9-7-8(4-5-10(9)14(17)18)13-11(16)3-1-2-6-15/h4-5,7,15H,1-3,6H2,(H,13,16). The van der Waals surface area contributed by atoms with Crippen LogP contribution >= 0.6 is 0 Å². The number of aliphatic hydroxyl groups excluding tert-OH is 1. The number of nitrogens with one attached hydrogen (secondary N) is 1. The lowest BCUT2D eigenvalue weighted by Crippen LogP contribution is -2.11. The third kappa shape index (κ3) is 4.10. The number of hydrogen-bond donors (Lipinski definition) is 2. The summed E-state index contributed by atoms with van der Waals surface area (Å²) in [6.45, 7) is 0.0133. The summed E-state index contributed by atoms with van der Waals surface area (Å²) in [4.78, 5) is 20.9. The van der Waals surface area contributed by atoms with Crippen LogP contribution < -0.4 is 5.32 Å². The summed E-state index contributed by atoms with van der Waals surface area (Å²) in [6.07, 6.45) is 1.25. The zero-order valence-corrected chi connectivity index (χ0v) is 9.56. The van der Waals surface area contributed by atoms with Crippen molar-refractivity contribution in [2.45, 2.75) is 19.3 Å². The Morgan fingerprint density at radius 1 is 1.44 bits per heavy atom. The quantitative estimate of drug-likeness (QED) is 0.461. The highest BCUT2D eigenvalue weighted by molar-refractivity contribution is 5.90. The van der Waals surface area contributed by atoms with Crippen LogP contribution in [0.2, 0.25) is 0 Å². The molecule has 1 rings (SSSR count). The summed E-state index contributed by atoms with van der Waals surface area (Å²) < 4.78 is 13.2. The molecule has 0 fully saturated rings. The SMILES string of the molecule is O=C(CCCCO)Nc1ccc([N+](=O)[O-])c(F)c1. The number of nitro benzene ring substituents is 1. The topological polar surface area (TPSA) is 92.5 Å². The van der Waals surface area contributed by atoms with Crippen molar-refractivity contribution in [3.8, 4) is 0 Å². The van der Waals surface area contributed by atoms with Gasteiger partial charge < -0.3 is 10.4 Å². The van der Waals surface area contributed by atoms with Crippen molar-refractivity contribution in [2.75, 3.05) is 11.9 Å². The van der Waals surface area contributed by atoms with Crippen LogP contribution in [0.4, 0.5) is 15.8 Å². The van der Waals surface area contributed by atoms with Gasteiger partial charge in [-0.15, -0.1) is 0 Å². The van der Waals surface area contributed by atoms with Crippen molar-refractivity contribution < 1.29 is 19.2 Å². The Morgan fingerprint density at radius 2 is 2.17 bits per heavy atom. The minimum Gasteiger partial charge on any atom is -0.396 e. The highest BCUT2D eigenvalue weighted by atomic mass is 19.1. The second-order valence-electron chi connectivity index (χ2n) is 3.65.